The van der Waals surface area contributed by atoms with Crippen LogP contribution < -0.4 is 4.74 Å². The first-order chi connectivity index (χ1) is 9.30. The summed E-state index contributed by atoms with van der Waals surface area (Å²) in [6, 6.07) is 2.94. The third kappa shape index (κ3) is 3.66. The van der Waals surface area contributed by atoms with E-state index in [1.165, 1.54) is 6.07 Å². The molecule has 0 amide bonds. The summed E-state index contributed by atoms with van der Waals surface area (Å²) in [5.74, 6) is -0.686. The molecule has 0 saturated carbocycles. The molecule has 112 valence electrons. The van der Waals surface area contributed by atoms with Gasteiger partial charge in [-0.3, -0.25) is 0 Å². The zero-order valence-corrected chi connectivity index (χ0v) is 12.2. The summed E-state index contributed by atoms with van der Waals surface area (Å²) in [6.07, 6.45) is 0.543. The van der Waals surface area contributed by atoms with E-state index in [9.17, 15) is 8.78 Å². The Hall–Kier alpha value is -1.23. The molecular formula is C15H21F2NO2. The number of pyridine rings is 1. The van der Waals surface area contributed by atoms with E-state index in [1.807, 2.05) is 20.8 Å². The van der Waals surface area contributed by atoms with Crippen molar-refractivity contribution in [3.63, 3.8) is 0 Å². The van der Waals surface area contributed by atoms with Crippen molar-refractivity contribution in [1.82, 2.24) is 4.98 Å². The standard InChI is InChI=1S/C15H21F2NO2/c1-14(2,3)12-5-4-11(16)13(18-12)20-10-15(17)6-8-19-9-7-15/h4-5H,6-10H2,1-3H3. The van der Waals surface area contributed by atoms with Gasteiger partial charge in [-0.15, -0.1) is 0 Å². The van der Waals surface area contributed by atoms with Gasteiger partial charge >= 0.3 is 0 Å². The second-order valence-electron chi connectivity index (χ2n) is 6.29. The number of hydrogen-bond acceptors (Lipinski definition) is 3. The lowest BCUT2D eigenvalue weighted by atomic mass is 9.92. The quantitative estimate of drug-likeness (QED) is 0.852. The van der Waals surface area contributed by atoms with E-state index >= 15 is 0 Å². The largest absolute Gasteiger partial charge is 0.472 e. The van der Waals surface area contributed by atoms with Gasteiger partial charge in [-0.1, -0.05) is 20.8 Å². The number of rotatable bonds is 3. The molecule has 2 heterocycles. The highest BCUT2D eigenvalue weighted by Gasteiger charge is 2.34. The molecule has 0 spiro atoms. The van der Waals surface area contributed by atoms with Crippen molar-refractivity contribution in [2.45, 2.75) is 44.7 Å². The Morgan fingerprint density at radius 2 is 1.95 bits per heavy atom. The second-order valence-corrected chi connectivity index (χ2v) is 6.29. The predicted molar refractivity (Wildman–Crippen MR) is 72.3 cm³/mol. The third-order valence-corrected chi connectivity index (χ3v) is 3.44. The maximum atomic E-state index is 14.4. The summed E-state index contributed by atoms with van der Waals surface area (Å²) >= 11 is 0. The van der Waals surface area contributed by atoms with Gasteiger partial charge in [-0.2, -0.15) is 0 Å². The number of hydrogen-bond donors (Lipinski definition) is 0. The molecule has 0 aromatic carbocycles. The van der Waals surface area contributed by atoms with Crippen molar-refractivity contribution in [1.29, 1.82) is 0 Å². The molecule has 1 fully saturated rings. The van der Waals surface area contributed by atoms with Crippen LogP contribution in [0, 0.1) is 5.82 Å². The Balaban J connectivity index is 2.09. The van der Waals surface area contributed by atoms with E-state index in [4.69, 9.17) is 9.47 Å². The van der Waals surface area contributed by atoms with Crippen LogP contribution in [0.5, 0.6) is 5.88 Å². The van der Waals surface area contributed by atoms with Crippen LogP contribution in [0.15, 0.2) is 12.1 Å². The zero-order valence-electron chi connectivity index (χ0n) is 12.2. The topological polar surface area (TPSA) is 31.4 Å². The molecule has 3 nitrogen and oxygen atoms in total. The van der Waals surface area contributed by atoms with E-state index in [1.54, 1.807) is 6.07 Å². The lowest BCUT2D eigenvalue weighted by Gasteiger charge is -2.29. The molecule has 0 unspecified atom stereocenters. The zero-order chi connectivity index (χ0) is 14.8. The molecule has 1 aromatic rings. The third-order valence-electron chi connectivity index (χ3n) is 3.44. The van der Waals surface area contributed by atoms with Crippen molar-refractivity contribution in [3.8, 4) is 5.88 Å². The van der Waals surface area contributed by atoms with Crippen LogP contribution in [0.4, 0.5) is 8.78 Å². The van der Waals surface area contributed by atoms with Gasteiger partial charge in [0.1, 0.15) is 12.3 Å². The minimum absolute atomic E-state index is 0.124. The molecule has 1 aromatic heterocycles. The molecule has 1 aliphatic heterocycles. The molecule has 5 heteroatoms. The summed E-state index contributed by atoms with van der Waals surface area (Å²) in [4.78, 5) is 4.16. The van der Waals surface area contributed by atoms with E-state index < -0.39 is 11.5 Å². The summed E-state index contributed by atoms with van der Waals surface area (Å²) in [6.45, 7) is 6.49. The van der Waals surface area contributed by atoms with Crippen molar-refractivity contribution in [2.24, 2.45) is 0 Å². The highest BCUT2D eigenvalue weighted by atomic mass is 19.1. The van der Waals surface area contributed by atoms with Crippen molar-refractivity contribution in [3.05, 3.63) is 23.6 Å². The van der Waals surface area contributed by atoms with Crippen LogP contribution in [0.3, 0.4) is 0 Å². The van der Waals surface area contributed by atoms with Crippen molar-refractivity contribution >= 4 is 0 Å². The summed E-state index contributed by atoms with van der Waals surface area (Å²) in [7, 11) is 0. The average molecular weight is 285 g/mol. The van der Waals surface area contributed by atoms with E-state index in [0.29, 0.717) is 18.9 Å². The number of halogens is 2. The smallest absolute Gasteiger partial charge is 0.250 e. The minimum Gasteiger partial charge on any atom is -0.472 e. The Morgan fingerprint density at radius 1 is 1.30 bits per heavy atom. The van der Waals surface area contributed by atoms with Crippen LogP contribution in [0.1, 0.15) is 39.3 Å². The fourth-order valence-corrected chi connectivity index (χ4v) is 2.02. The van der Waals surface area contributed by atoms with Gasteiger partial charge in [0.15, 0.2) is 5.82 Å². The Bertz CT molecular complexity index is 465. The molecular weight excluding hydrogens is 264 g/mol. The molecule has 20 heavy (non-hydrogen) atoms. The Labute approximate surface area is 118 Å². The highest BCUT2D eigenvalue weighted by molar-refractivity contribution is 5.22. The van der Waals surface area contributed by atoms with Gasteiger partial charge in [0, 0.05) is 37.2 Å². The molecule has 0 bridgehead atoms. The van der Waals surface area contributed by atoms with Gasteiger partial charge in [0.25, 0.3) is 5.88 Å². The van der Waals surface area contributed by atoms with Crippen LogP contribution in [-0.2, 0) is 10.2 Å². The highest BCUT2D eigenvalue weighted by Crippen LogP contribution is 2.28. The molecule has 1 aliphatic rings. The minimum atomic E-state index is -1.45. The van der Waals surface area contributed by atoms with Crippen LogP contribution in [0.25, 0.3) is 0 Å². The first-order valence-electron chi connectivity index (χ1n) is 6.87. The van der Waals surface area contributed by atoms with Gasteiger partial charge in [0.05, 0.1) is 0 Å². The molecule has 1 saturated heterocycles. The van der Waals surface area contributed by atoms with Crippen LogP contribution in [0.2, 0.25) is 0 Å². The fourth-order valence-electron chi connectivity index (χ4n) is 2.02. The Morgan fingerprint density at radius 3 is 2.55 bits per heavy atom. The first-order valence-corrected chi connectivity index (χ1v) is 6.87. The van der Waals surface area contributed by atoms with Gasteiger partial charge in [-0.25, -0.2) is 13.8 Å². The predicted octanol–water partition coefficient (Wildman–Crippen LogP) is 3.42. The molecule has 0 radical (unpaired) electrons. The maximum Gasteiger partial charge on any atom is 0.250 e. The van der Waals surface area contributed by atoms with Crippen molar-refractivity contribution in [2.75, 3.05) is 19.8 Å². The summed E-state index contributed by atoms with van der Waals surface area (Å²) in [5, 5.41) is 0. The lowest BCUT2D eigenvalue weighted by Crippen LogP contribution is -2.37. The summed E-state index contributed by atoms with van der Waals surface area (Å²) < 4.78 is 38.5. The van der Waals surface area contributed by atoms with Gasteiger partial charge < -0.3 is 9.47 Å². The second kappa shape index (κ2) is 5.64. The fraction of sp³-hybridized carbons (Fsp3) is 0.667. The van der Waals surface area contributed by atoms with E-state index in [2.05, 4.69) is 4.98 Å². The Kier molecular flexibility index (Phi) is 4.28. The van der Waals surface area contributed by atoms with Gasteiger partial charge in [-0.05, 0) is 12.1 Å². The van der Waals surface area contributed by atoms with E-state index in [-0.39, 0.29) is 30.7 Å². The summed E-state index contributed by atoms with van der Waals surface area (Å²) in [5.41, 5.74) is -0.948. The van der Waals surface area contributed by atoms with Gasteiger partial charge in [0.2, 0.25) is 0 Å². The van der Waals surface area contributed by atoms with Crippen molar-refractivity contribution < 1.29 is 18.3 Å². The molecule has 0 aliphatic carbocycles. The number of aromatic nitrogens is 1. The molecule has 0 N–H and O–H groups in total. The normalized spacial score (nSPS) is 18.9. The van der Waals surface area contributed by atoms with E-state index in [0.717, 1.165) is 0 Å². The first kappa shape index (κ1) is 15.2. The molecule has 0 atom stereocenters. The molecule has 2 rings (SSSR count). The SMILES string of the molecule is CC(C)(C)c1ccc(F)c(OCC2(F)CCOCC2)n1. The van der Waals surface area contributed by atoms with Crippen LogP contribution in [-0.4, -0.2) is 30.5 Å². The number of ether oxygens (including phenoxy) is 2. The monoisotopic (exact) mass is 285 g/mol. The maximum absolute atomic E-state index is 14.4. The number of alkyl halides is 1. The van der Waals surface area contributed by atoms with Crippen LogP contribution >= 0.6 is 0 Å². The lowest BCUT2D eigenvalue weighted by molar-refractivity contribution is -0.0337. The number of nitrogens with zero attached hydrogens (tertiary/aromatic N) is 1. The average Bonchev–Trinajstić information content (AvgIpc) is 2.37.